The largest absolute Gasteiger partial charge is 0.458 e. The van der Waals surface area contributed by atoms with Crippen molar-refractivity contribution in [3.8, 4) is 0 Å². The van der Waals surface area contributed by atoms with E-state index in [1.807, 2.05) is 0 Å². The summed E-state index contributed by atoms with van der Waals surface area (Å²) < 4.78 is 45.7. The lowest BCUT2D eigenvalue weighted by Gasteiger charge is -2.19. The van der Waals surface area contributed by atoms with Gasteiger partial charge in [-0.25, -0.2) is 28.8 Å². The molecule has 0 bridgehead atoms. The monoisotopic (exact) mass is 762 g/mol. The minimum absolute atomic E-state index is 0.0393. The van der Waals surface area contributed by atoms with Crippen LogP contribution in [0.5, 0.6) is 0 Å². The predicted octanol–water partition coefficient (Wildman–Crippen LogP) is 2.31. The van der Waals surface area contributed by atoms with Crippen molar-refractivity contribution in [2.24, 2.45) is 0 Å². The molecular weight excluding hydrogens is 720 g/mol. The van der Waals surface area contributed by atoms with E-state index in [1.165, 1.54) is 20.8 Å². The quantitative estimate of drug-likeness (QED) is 0.0992. The standard InChI is InChI=1S/C36H42O18/c1-19(2)31(40)46-13-26(52-22(7)37)16-49-34(43)25-10-11-29(35(44)50-17-27(53-23(8)38)14-47-32(41)20(3)4)30(12-25)36(45)51-18-28(54-24(9)39)15-48-33(42)21(5)6/h10-12,26-28H,1,3,5,13-18H2,2,4,6-9H3. The first kappa shape index (κ1) is 45.7. The zero-order valence-electron chi connectivity index (χ0n) is 30.7. The van der Waals surface area contributed by atoms with Crippen molar-refractivity contribution in [2.45, 2.75) is 59.9 Å². The van der Waals surface area contributed by atoms with Crippen LogP contribution in [0.4, 0.5) is 0 Å². The fourth-order valence-corrected chi connectivity index (χ4v) is 3.69. The average molecular weight is 763 g/mol. The lowest BCUT2D eigenvalue weighted by molar-refractivity contribution is -0.157. The summed E-state index contributed by atoms with van der Waals surface area (Å²) in [6, 6.07) is 2.99. The Hall–Kier alpha value is -6.33. The van der Waals surface area contributed by atoms with E-state index >= 15 is 0 Å². The maximum absolute atomic E-state index is 13.4. The highest BCUT2D eigenvalue weighted by Gasteiger charge is 2.27. The third kappa shape index (κ3) is 17.3. The van der Waals surface area contributed by atoms with Crippen LogP contribution in [-0.2, 0) is 71.4 Å². The summed E-state index contributed by atoms with van der Waals surface area (Å²) in [5.74, 6) is -8.33. The molecule has 0 spiro atoms. The zero-order chi connectivity index (χ0) is 41.1. The summed E-state index contributed by atoms with van der Waals surface area (Å²) in [5, 5.41) is 0. The van der Waals surface area contributed by atoms with Gasteiger partial charge in [0.15, 0.2) is 18.3 Å². The van der Waals surface area contributed by atoms with Crippen molar-refractivity contribution >= 4 is 53.7 Å². The van der Waals surface area contributed by atoms with Crippen LogP contribution < -0.4 is 0 Å². The van der Waals surface area contributed by atoms with E-state index in [9.17, 15) is 43.2 Å². The Labute approximate surface area is 310 Å². The molecule has 54 heavy (non-hydrogen) atoms. The summed E-state index contributed by atoms with van der Waals surface area (Å²) in [5.41, 5.74) is -1.22. The lowest BCUT2D eigenvalue weighted by Crippen LogP contribution is -2.31. The van der Waals surface area contributed by atoms with E-state index in [4.69, 9.17) is 42.6 Å². The Morgan fingerprint density at radius 2 is 0.741 bits per heavy atom. The second-order valence-electron chi connectivity index (χ2n) is 11.4. The van der Waals surface area contributed by atoms with E-state index in [0.717, 1.165) is 39.0 Å². The Bertz CT molecular complexity index is 1650. The first-order valence-corrected chi connectivity index (χ1v) is 15.9. The predicted molar refractivity (Wildman–Crippen MR) is 181 cm³/mol. The molecule has 3 unspecified atom stereocenters. The van der Waals surface area contributed by atoms with Gasteiger partial charge in [-0.1, -0.05) is 19.7 Å². The number of benzene rings is 1. The number of hydrogen-bond acceptors (Lipinski definition) is 18. The van der Waals surface area contributed by atoms with Gasteiger partial charge >= 0.3 is 53.7 Å². The Balaban J connectivity index is 3.39. The molecule has 0 aliphatic carbocycles. The van der Waals surface area contributed by atoms with Crippen LogP contribution in [-0.4, -0.2) is 112 Å². The smallest absolute Gasteiger partial charge is 0.339 e. The van der Waals surface area contributed by atoms with Gasteiger partial charge in [0.25, 0.3) is 0 Å². The molecule has 0 fully saturated rings. The molecule has 0 aromatic heterocycles. The molecule has 0 aliphatic heterocycles. The van der Waals surface area contributed by atoms with Gasteiger partial charge < -0.3 is 42.6 Å². The molecule has 0 saturated heterocycles. The minimum atomic E-state index is -1.30. The fourth-order valence-electron chi connectivity index (χ4n) is 3.69. The second-order valence-corrected chi connectivity index (χ2v) is 11.4. The molecule has 0 aliphatic rings. The van der Waals surface area contributed by atoms with Crippen molar-refractivity contribution in [3.05, 3.63) is 71.3 Å². The first-order chi connectivity index (χ1) is 25.2. The van der Waals surface area contributed by atoms with Crippen LogP contribution in [0, 0.1) is 0 Å². The summed E-state index contributed by atoms with van der Waals surface area (Å²) in [4.78, 5) is 110. The number of carbonyl (C=O) groups excluding carboxylic acids is 9. The van der Waals surface area contributed by atoms with Gasteiger partial charge in [-0.15, -0.1) is 0 Å². The van der Waals surface area contributed by atoms with Gasteiger partial charge in [-0.2, -0.15) is 0 Å². The molecule has 1 aromatic rings. The molecule has 0 saturated carbocycles. The molecule has 1 aromatic carbocycles. The molecule has 0 N–H and O–H groups in total. The maximum Gasteiger partial charge on any atom is 0.339 e. The van der Waals surface area contributed by atoms with Crippen molar-refractivity contribution in [1.82, 2.24) is 0 Å². The molecule has 0 heterocycles. The van der Waals surface area contributed by atoms with Gasteiger partial charge in [0.2, 0.25) is 0 Å². The molecule has 1 rings (SSSR count). The van der Waals surface area contributed by atoms with Gasteiger partial charge in [0.1, 0.15) is 39.6 Å². The number of esters is 9. The van der Waals surface area contributed by atoms with E-state index in [1.54, 1.807) is 0 Å². The van der Waals surface area contributed by atoms with Crippen molar-refractivity contribution in [2.75, 3.05) is 39.6 Å². The highest BCUT2D eigenvalue weighted by molar-refractivity contribution is 6.05. The van der Waals surface area contributed by atoms with Gasteiger partial charge in [0.05, 0.1) is 16.7 Å². The van der Waals surface area contributed by atoms with Crippen molar-refractivity contribution < 1.29 is 85.8 Å². The summed E-state index contributed by atoms with van der Waals surface area (Å²) in [6.45, 7) is 14.1. The minimum Gasteiger partial charge on any atom is -0.458 e. The molecule has 0 radical (unpaired) electrons. The number of ether oxygens (including phenoxy) is 9. The third-order valence-corrected chi connectivity index (χ3v) is 6.14. The van der Waals surface area contributed by atoms with Gasteiger partial charge in [0, 0.05) is 37.5 Å². The Kier molecular flexibility index (Phi) is 19.1. The normalized spacial score (nSPS) is 11.9. The van der Waals surface area contributed by atoms with Crippen LogP contribution >= 0.6 is 0 Å². The molecular formula is C36H42O18. The van der Waals surface area contributed by atoms with Gasteiger partial charge in [-0.05, 0) is 39.0 Å². The Morgan fingerprint density at radius 3 is 1.06 bits per heavy atom. The van der Waals surface area contributed by atoms with E-state index < -0.39 is 123 Å². The van der Waals surface area contributed by atoms with Crippen LogP contribution in [0.15, 0.2) is 54.7 Å². The van der Waals surface area contributed by atoms with E-state index in [2.05, 4.69) is 19.7 Å². The van der Waals surface area contributed by atoms with Crippen LogP contribution in [0.3, 0.4) is 0 Å². The van der Waals surface area contributed by atoms with Crippen LogP contribution in [0.25, 0.3) is 0 Å². The van der Waals surface area contributed by atoms with Crippen LogP contribution in [0.1, 0.15) is 72.6 Å². The number of hydrogen-bond donors (Lipinski definition) is 0. The molecule has 294 valence electrons. The molecule has 18 heteroatoms. The zero-order valence-corrected chi connectivity index (χ0v) is 30.7. The van der Waals surface area contributed by atoms with Gasteiger partial charge in [-0.3, -0.25) is 14.4 Å². The van der Waals surface area contributed by atoms with E-state index in [0.29, 0.717) is 0 Å². The Morgan fingerprint density at radius 1 is 0.444 bits per heavy atom. The topological polar surface area (TPSA) is 237 Å². The molecule has 18 nitrogen and oxygen atoms in total. The lowest BCUT2D eigenvalue weighted by atomic mass is 10.0. The maximum atomic E-state index is 13.4. The van der Waals surface area contributed by atoms with Crippen LogP contribution in [0.2, 0.25) is 0 Å². The SMILES string of the molecule is C=C(C)C(=O)OCC(COC(=O)c1ccc(C(=O)OCC(COC(=O)C(=C)C)OC(C)=O)c(C(=O)OCC(COC(=O)C(=C)C)OC(C)=O)c1)OC(C)=O. The fraction of sp³-hybridized carbons (Fsp3) is 0.417. The average Bonchev–Trinajstić information content (AvgIpc) is 3.09. The van der Waals surface area contributed by atoms with E-state index in [-0.39, 0.29) is 22.3 Å². The molecule has 3 atom stereocenters. The number of carbonyl (C=O) groups is 9. The highest BCUT2D eigenvalue weighted by atomic mass is 16.6. The number of rotatable bonds is 21. The summed E-state index contributed by atoms with van der Waals surface area (Å²) in [6.07, 6.45) is -3.81. The summed E-state index contributed by atoms with van der Waals surface area (Å²) >= 11 is 0. The second kappa shape index (κ2) is 22.6. The third-order valence-electron chi connectivity index (χ3n) is 6.14. The molecule has 0 amide bonds. The highest BCUT2D eigenvalue weighted by Crippen LogP contribution is 2.18. The van der Waals surface area contributed by atoms with Crippen molar-refractivity contribution in [3.63, 3.8) is 0 Å². The summed E-state index contributed by atoms with van der Waals surface area (Å²) in [7, 11) is 0. The first-order valence-electron chi connectivity index (χ1n) is 15.9. The van der Waals surface area contributed by atoms with Crippen molar-refractivity contribution in [1.29, 1.82) is 0 Å².